The molecule has 0 unspecified atom stereocenters. The number of hydrogen-bond acceptors (Lipinski definition) is 4. The number of hydrogen-bond donors (Lipinski definition) is 2. The summed E-state index contributed by atoms with van der Waals surface area (Å²) in [7, 11) is 0. The van der Waals surface area contributed by atoms with E-state index in [0.717, 1.165) is 5.56 Å². The first kappa shape index (κ1) is 15.7. The summed E-state index contributed by atoms with van der Waals surface area (Å²) in [5, 5.41) is 11.3. The zero-order chi connectivity index (χ0) is 16.9. The topological polar surface area (TPSA) is 92.4 Å². The molecule has 0 aliphatic rings. The maximum Gasteiger partial charge on any atom is 0.405 e. The van der Waals surface area contributed by atoms with E-state index in [1.165, 1.54) is 0 Å². The standard InChI is InChI=1S/C18H16N2O4/c21-16(17-19-13-8-4-5-9-15(13)24-17)14(20-18(22)23)11-10-12-6-2-1-3-7-12/h1-9,14,20H,10-11H2,(H,22,23)/t14-/m0/s1. The van der Waals surface area contributed by atoms with Gasteiger partial charge in [0.25, 0.3) is 5.89 Å². The lowest BCUT2D eigenvalue weighted by molar-refractivity contribution is 0.0899. The molecule has 6 heteroatoms. The van der Waals surface area contributed by atoms with Gasteiger partial charge in [0.1, 0.15) is 11.6 Å². The van der Waals surface area contributed by atoms with Crippen LogP contribution in [0, 0.1) is 0 Å². The Morgan fingerprint density at radius 2 is 1.79 bits per heavy atom. The Morgan fingerprint density at radius 1 is 1.08 bits per heavy atom. The number of oxazole rings is 1. The van der Waals surface area contributed by atoms with Crippen LogP contribution in [-0.2, 0) is 6.42 Å². The predicted molar refractivity (Wildman–Crippen MR) is 88.1 cm³/mol. The quantitative estimate of drug-likeness (QED) is 0.679. The second-order valence-corrected chi connectivity index (χ2v) is 5.38. The van der Waals surface area contributed by atoms with Crippen LogP contribution in [0.25, 0.3) is 11.1 Å². The monoisotopic (exact) mass is 324 g/mol. The maximum absolute atomic E-state index is 12.6. The fourth-order valence-electron chi connectivity index (χ4n) is 2.50. The van der Waals surface area contributed by atoms with Crippen molar-refractivity contribution < 1.29 is 19.1 Å². The summed E-state index contributed by atoms with van der Waals surface area (Å²) < 4.78 is 5.45. The maximum atomic E-state index is 12.6. The van der Waals surface area contributed by atoms with Gasteiger partial charge in [0, 0.05) is 0 Å². The number of carbonyl (C=O) groups is 2. The molecule has 0 bridgehead atoms. The minimum atomic E-state index is -1.25. The Kier molecular flexibility index (Phi) is 4.56. The molecule has 3 aromatic rings. The number of carboxylic acid groups (broad SMARTS) is 1. The van der Waals surface area contributed by atoms with Crippen molar-refractivity contribution in [3.63, 3.8) is 0 Å². The average Bonchev–Trinajstić information content (AvgIpc) is 3.02. The zero-order valence-corrected chi connectivity index (χ0v) is 12.8. The number of fused-ring (bicyclic) bond motifs is 1. The first-order valence-corrected chi connectivity index (χ1v) is 7.56. The van der Waals surface area contributed by atoms with Crippen molar-refractivity contribution in [1.29, 1.82) is 0 Å². The third-order valence-corrected chi connectivity index (χ3v) is 3.68. The van der Waals surface area contributed by atoms with Gasteiger partial charge in [-0.2, -0.15) is 0 Å². The van der Waals surface area contributed by atoms with E-state index in [4.69, 9.17) is 9.52 Å². The van der Waals surface area contributed by atoms with Crippen molar-refractivity contribution >= 4 is 23.0 Å². The average molecular weight is 324 g/mol. The highest BCUT2D eigenvalue weighted by Crippen LogP contribution is 2.17. The predicted octanol–water partition coefficient (Wildman–Crippen LogP) is 3.28. The fourth-order valence-corrected chi connectivity index (χ4v) is 2.50. The molecule has 1 heterocycles. The Bertz CT molecular complexity index is 825. The van der Waals surface area contributed by atoms with E-state index in [-0.39, 0.29) is 5.89 Å². The molecular formula is C18H16N2O4. The van der Waals surface area contributed by atoms with Gasteiger partial charge < -0.3 is 14.8 Å². The van der Waals surface area contributed by atoms with Gasteiger partial charge in [-0.1, -0.05) is 42.5 Å². The van der Waals surface area contributed by atoms with Crippen LogP contribution in [0.2, 0.25) is 0 Å². The van der Waals surface area contributed by atoms with Gasteiger partial charge >= 0.3 is 6.09 Å². The lowest BCUT2D eigenvalue weighted by Gasteiger charge is -2.13. The highest BCUT2D eigenvalue weighted by atomic mass is 16.4. The number of amides is 1. The van der Waals surface area contributed by atoms with Gasteiger partial charge in [-0.15, -0.1) is 0 Å². The number of nitrogens with one attached hydrogen (secondary N) is 1. The molecule has 6 nitrogen and oxygen atoms in total. The van der Waals surface area contributed by atoms with Crippen LogP contribution in [-0.4, -0.2) is 28.0 Å². The van der Waals surface area contributed by atoms with Crippen LogP contribution in [0.5, 0.6) is 0 Å². The molecule has 122 valence electrons. The summed E-state index contributed by atoms with van der Waals surface area (Å²) in [6.45, 7) is 0. The fraction of sp³-hybridized carbons (Fsp3) is 0.167. The number of rotatable bonds is 6. The summed E-state index contributed by atoms with van der Waals surface area (Å²) in [5.41, 5.74) is 2.09. The highest BCUT2D eigenvalue weighted by molar-refractivity contribution is 5.99. The van der Waals surface area contributed by atoms with Crippen LogP contribution >= 0.6 is 0 Å². The van der Waals surface area contributed by atoms with E-state index < -0.39 is 17.9 Å². The summed E-state index contributed by atoms with van der Waals surface area (Å²) in [4.78, 5) is 27.8. The molecular weight excluding hydrogens is 308 g/mol. The number of benzene rings is 2. The van der Waals surface area contributed by atoms with E-state index in [1.54, 1.807) is 24.3 Å². The van der Waals surface area contributed by atoms with Gasteiger partial charge in [0.2, 0.25) is 5.78 Å². The van der Waals surface area contributed by atoms with Gasteiger partial charge in [-0.05, 0) is 30.5 Å². The first-order valence-electron chi connectivity index (χ1n) is 7.56. The number of aromatic nitrogens is 1. The van der Waals surface area contributed by atoms with Gasteiger partial charge in [-0.3, -0.25) is 4.79 Å². The third kappa shape index (κ3) is 3.60. The van der Waals surface area contributed by atoms with E-state index in [2.05, 4.69) is 10.3 Å². The summed E-state index contributed by atoms with van der Waals surface area (Å²) in [6, 6.07) is 15.7. The van der Waals surface area contributed by atoms with Crippen molar-refractivity contribution in [2.24, 2.45) is 0 Å². The molecule has 0 radical (unpaired) electrons. The van der Waals surface area contributed by atoms with E-state index in [0.29, 0.717) is 23.9 Å². The Labute approximate surface area is 138 Å². The summed E-state index contributed by atoms with van der Waals surface area (Å²) in [6.07, 6.45) is -0.358. The van der Waals surface area contributed by atoms with Crippen LogP contribution in [0.15, 0.2) is 59.0 Å². The molecule has 0 spiro atoms. The number of aryl methyl sites for hydroxylation is 1. The minimum absolute atomic E-state index is 0.0805. The number of carbonyl (C=O) groups excluding carboxylic acids is 1. The summed E-state index contributed by atoms with van der Waals surface area (Å²) in [5.74, 6) is -0.549. The van der Waals surface area contributed by atoms with E-state index in [9.17, 15) is 9.59 Å². The molecule has 0 fully saturated rings. The Morgan fingerprint density at radius 3 is 2.50 bits per heavy atom. The molecule has 2 N–H and O–H groups in total. The van der Waals surface area contributed by atoms with E-state index in [1.807, 2.05) is 30.3 Å². The molecule has 24 heavy (non-hydrogen) atoms. The smallest absolute Gasteiger partial charge is 0.405 e. The van der Waals surface area contributed by atoms with Crippen molar-refractivity contribution in [2.75, 3.05) is 0 Å². The zero-order valence-electron chi connectivity index (χ0n) is 12.8. The number of para-hydroxylation sites is 2. The third-order valence-electron chi connectivity index (χ3n) is 3.68. The molecule has 0 saturated heterocycles. The molecule has 3 rings (SSSR count). The van der Waals surface area contributed by atoms with Crippen molar-refractivity contribution in [3.8, 4) is 0 Å². The van der Waals surface area contributed by atoms with Gasteiger partial charge in [0.15, 0.2) is 5.58 Å². The van der Waals surface area contributed by atoms with Gasteiger partial charge in [-0.25, -0.2) is 9.78 Å². The van der Waals surface area contributed by atoms with Crippen LogP contribution < -0.4 is 5.32 Å². The normalized spacial score (nSPS) is 12.0. The molecule has 2 aromatic carbocycles. The molecule has 0 aliphatic heterocycles. The molecule has 1 atom stereocenters. The number of ketones is 1. The second kappa shape index (κ2) is 6.95. The molecule has 0 aliphatic carbocycles. The van der Waals surface area contributed by atoms with Crippen molar-refractivity contribution in [3.05, 3.63) is 66.1 Å². The SMILES string of the molecule is O=C(O)N[C@@H](CCc1ccccc1)C(=O)c1nc2ccccc2o1. The molecule has 1 amide bonds. The molecule has 1 aromatic heterocycles. The lowest BCUT2D eigenvalue weighted by atomic mass is 10.0. The summed E-state index contributed by atoms with van der Waals surface area (Å²) >= 11 is 0. The van der Waals surface area contributed by atoms with Crippen molar-refractivity contribution in [2.45, 2.75) is 18.9 Å². The number of nitrogens with zero attached hydrogens (tertiary/aromatic N) is 1. The molecule has 0 saturated carbocycles. The highest BCUT2D eigenvalue weighted by Gasteiger charge is 2.26. The number of Topliss-reactive ketones (excluding diaryl/α,β-unsaturated/α-hetero) is 1. The van der Waals surface area contributed by atoms with Crippen LogP contribution in [0.3, 0.4) is 0 Å². The Balaban J connectivity index is 1.79. The van der Waals surface area contributed by atoms with Crippen LogP contribution in [0.1, 0.15) is 22.7 Å². The van der Waals surface area contributed by atoms with E-state index >= 15 is 0 Å². The largest absolute Gasteiger partial charge is 0.465 e. The van der Waals surface area contributed by atoms with Crippen LogP contribution in [0.4, 0.5) is 4.79 Å². The second-order valence-electron chi connectivity index (χ2n) is 5.38. The minimum Gasteiger partial charge on any atom is -0.465 e. The lowest BCUT2D eigenvalue weighted by Crippen LogP contribution is -2.40. The van der Waals surface area contributed by atoms with Crippen molar-refractivity contribution in [1.82, 2.24) is 10.3 Å². The Hall–Kier alpha value is -3.15. The first-order chi connectivity index (χ1) is 11.6. The van der Waals surface area contributed by atoms with Gasteiger partial charge in [0.05, 0.1) is 0 Å².